The molecule has 2 rings (SSSR count). The third kappa shape index (κ3) is 4.07. The lowest BCUT2D eigenvalue weighted by atomic mass is 10.1. The number of hydrogen-bond acceptors (Lipinski definition) is 1. The van der Waals surface area contributed by atoms with Crippen molar-refractivity contribution in [1.82, 2.24) is 5.32 Å². The minimum absolute atomic E-state index is 0.349. The monoisotopic (exact) mass is 415 g/mol. The molecule has 94 valence electrons. The first-order chi connectivity index (χ1) is 8.65. The maximum Gasteiger partial charge on any atom is 0.0295 e. The van der Waals surface area contributed by atoms with Crippen LogP contribution in [-0.2, 0) is 6.54 Å². The van der Waals surface area contributed by atoms with Crippen LogP contribution in [0.5, 0.6) is 0 Å². The molecule has 0 aromatic heterocycles. The van der Waals surface area contributed by atoms with Crippen LogP contribution in [0.1, 0.15) is 24.1 Å². The lowest BCUT2D eigenvalue weighted by Crippen LogP contribution is -2.17. The molecule has 0 spiro atoms. The van der Waals surface area contributed by atoms with Crippen LogP contribution in [-0.4, -0.2) is 0 Å². The van der Waals surface area contributed by atoms with Gasteiger partial charge in [-0.1, -0.05) is 40.2 Å². The number of halogens is 2. The SMILES string of the molecule is CC(NCc1ccc(I)cc1)c1cccc(Br)c1. The molecule has 2 aromatic rings. The predicted octanol–water partition coefficient (Wildman–Crippen LogP) is 4.90. The van der Waals surface area contributed by atoms with Gasteiger partial charge in [0.05, 0.1) is 0 Å². The van der Waals surface area contributed by atoms with E-state index in [1.165, 1.54) is 14.7 Å². The molecule has 0 saturated heterocycles. The fourth-order valence-electron chi connectivity index (χ4n) is 1.77. The van der Waals surface area contributed by atoms with Crippen molar-refractivity contribution in [1.29, 1.82) is 0 Å². The van der Waals surface area contributed by atoms with Gasteiger partial charge in [-0.25, -0.2) is 0 Å². The molecule has 2 aromatic carbocycles. The van der Waals surface area contributed by atoms with Crippen LogP contribution in [0.4, 0.5) is 0 Å². The van der Waals surface area contributed by atoms with Crippen molar-refractivity contribution in [2.45, 2.75) is 19.5 Å². The fraction of sp³-hybridized carbons (Fsp3) is 0.200. The van der Waals surface area contributed by atoms with Crippen LogP contribution in [0.15, 0.2) is 53.0 Å². The molecule has 0 amide bonds. The molecule has 18 heavy (non-hydrogen) atoms. The van der Waals surface area contributed by atoms with E-state index in [9.17, 15) is 0 Å². The quantitative estimate of drug-likeness (QED) is 0.700. The molecule has 0 radical (unpaired) electrons. The van der Waals surface area contributed by atoms with Gasteiger partial charge in [0.15, 0.2) is 0 Å². The van der Waals surface area contributed by atoms with Crippen molar-refractivity contribution in [3.63, 3.8) is 0 Å². The number of nitrogens with one attached hydrogen (secondary N) is 1. The van der Waals surface area contributed by atoms with Crippen molar-refractivity contribution < 1.29 is 0 Å². The summed E-state index contributed by atoms with van der Waals surface area (Å²) >= 11 is 5.83. The zero-order chi connectivity index (χ0) is 13.0. The molecule has 1 N–H and O–H groups in total. The molecule has 1 atom stereocenters. The molecule has 0 fully saturated rings. The topological polar surface area (TPSA) is 12.0 Å². The normalized spacial score (nSPS) is 12.4. The van der Waals surface area contributed by atoms with Gasteiger partial charge in [-0.15, -0.1) is 0 Å². The van der Waals surface area contributed by atoms with Crippen molar-refractivity contribution in [2.24, 2.45) is 0 Å². The van der Waals surface area contributed by atoms with Crippen LogP contribution in [0.3, 0.4) is 0 Å². The molecule has 0 aliphatic rings. The van der Waals surface area contributed by atoms with Crippen LogP contribution in [0.2, 0.25) is 0 Å². The molecule has 1 nitrogen and oxygen atoms in total. The second-order valence-corrected chi connectivity index (χ2v) is 6.45. The second-order valence-electron chi connectivity index (χ2n) is 4.28. The first-order valence-corrected chi connectivity index (χ1v) is 7.75. The Morgan fingerprint density at radius 1 is 1.17 bits per heavy atom. The van der Waals surface area contributed by atoms with Gasteiger partial charge in [0.1, 0.15) is 0 Å². The van der Waals surface area contributed by atoms with Crippen molar-refractivity contribution in [3.05, 3.63) is 67.7 Å². The van der Waals surface area contributed by atoms with Crippen molar-refractivity contribution >= 4 is 38.5 Å². The van der Waals surface area contributed by atoms with E-state index < -0.39 is 0 Å². The molecule has 0 aliphatic carbocycles. The van der Waals surface area contributed by atoms with Gasteiger partial charge in [-0.05, 0) is 64.9 Å². The van der Waals surface area contributed by atoms with E-state index in [4.69, 9.17) is 0 Å². The standard InChI is InChI=1S/C15H15BrIN/c1-11(13-3-2-4-14(16)9-13)18-10-12-5-7-15(17)8-6-12/h2-9,11,18H,10H2,1H3. The van der Waals surface area contributed by atoms with Gasteiger partial charge in [-0.3, -0.25) is 0 Å². The van der Waals surface area contributed by atoms with E-state index >= 15 is 0 Å². The Kier molecular flexibility index (Phi) is 5.21. The van der Waals surface area contributed by atoms with Crippen molar-refractivity contribution in [2.75, 3.05) is 0 Å². The summed E-state index contributed by atoms with van der Waals surface area (Å²) in [6.07, 6.45) is 0. The number of hydrogen-bond donors (Lipinski definition) is 1. The highest BCUT2D eigenvalue weighted by Crippen LogP contribution is 2.18. The summed E-state index contributed by atoms with van der Waals surface area (Å²) < 4.78 is 2.40. The van der Waals surface area contributed by atoms with Crippen LogP contribution >= 0.6 is 38.5 Å². The van der Waals surface area contributed by atoms with Crippen LogP contribution in [0.25, 0.3) is 0 Å². The highest BCUT2D eigenvalue weighted by atomic mass is 127. The summed E-state index contributed by atoms with van der Waals surface area (Å²) in [5.41, 5.74) is 2.62. The van der Waals surface area contributed by atoms with Gasteiger partial charge in [0, 0.05) is 20.6 Å². The molecular weight excluding hydrogens is 401 g/mol. The third-order valence-electron chi connectivity index (χ3n) is 2.87. The number of rotatable bonds is 4. The summed E-state index contributed by atoms with van der Waals surface area (Å²) in [6.45, 7) is 3.08. The Bertz CT molecular complexity index is 510. The Morgan fingerprint density at radius 3 is 2.56 bits per heavy atom. The maximum atomic E-state index is 3.54. The predicted molar refractivity (Wildman–Crippen MR) is 88.6 cm³/mol. The first kappa shape index (κ1) is 14.0. The van der Waals surface area contributed by atoms with E-state index in [1.807, 2.05) is 0 Å². The van der Waals surface area contributed by atoms with Gasteiger partial charge in [-0.2, -0.15) is 0 Å². The third-order valence-corrected chi connectivity index (χ3v) is 4.09. The summed E-state index contributed by atoms with van der Waals surface area (Å²) in [7, 11) is 0. The van der Waals surface area contributed by atoms with E-state index in [0.29, 0.717) is 6.04 Å². The largest absolute Gasteiger partial charge is 0.306 e. The highest BCUT2D eigenvalue weighted by molar-refractivity contribution is 14.1. The molecule has 0 heterocycles. The summed E-state index contributed by atoms with van der Waals surface area (Å²) in [5, 5.41) is 3.54. The lowest BCUT2D eigenvalue weighted by molar-refractivity contribution is 0.574. The Hall–Kier alpha value is -0.390. The minimum atomic E-state index is 0.349. The molecular formula is C15H15BrIN. The van der Waals surface area contributed by atoms with Gasteiger partial charge >= 0.3 is 0 Å². The highest BCUT2D eigenvalue weighted by Gasteiger charge is 2.04. The molecule has 1 unspecified atom stereocenters. The molecule has 3 heteroatoms. The fourth-order valence-corrected chi connectivity index (χ4v) is 2.54. The van der Waals surface area contributed by atoms with Crippen LogP contribution in [0, 0.1) is 3.57 Å². The van der Waals surface area contributed by atoms with Gasteiger partial charge < -0.3 is 5.32 Å². The molecule has 0 bridgehead atoms. The summed E-state index contributed by atoms with van der Waals surface area (Å²) in [4.78, 5) is 0. The Balaban J connectivity index is 1.96. The summed E-state index contributed by atoms with van der Waals surface area (Å²) in [6, 6.07) is 17.4. The minimum Gasteiger partial charge on any atom is -0.306 e. The Morgan fingerprint density at radius 2 is 1.89 bits per heavy atom. The van der Waals surface area contributed by atoms with E-state index in [0.717, 1.165) is 11.0 Å². The van der Waals surface area contributed by atoms with Crippen LogP contribution < -0.4 is 5.32 Å². The van der Waals surface area contributed by atoms with Gasteiger partial charge in [0.25, 0.3) is 0 Å². The Labute approximate surface area is 130 Å². The first-order valence-electron chi connectivity index (χ1n) is 5.88. The average molecular weight is 416 g/mol. The lowest BCUT2D eigenvalue weighted by Gasteiger charge is -2.14. The second kappa shape index (κ2) is 6.68. The molecule has 0 aliphatic heterocycles. The summed E-state index contributed by atoms with van der Waals surface area (Å²) in [5.74, 6) is 0. The zero-order valence-electron chi connectivity index (χ0n) is 10.2. The smallest absolute Gasteiger partial charge is 0.0295 e. The average Bonchev–Trinajstić information content (AvgIpc) is 2.38. The van der Waals surface area contributed by atoms with Gasteiger partial charge in [0.2, 0.25) is 0 Å². The molecule has 0 saturated carbocycles. The van der Waals surface area contributed by atoms with E-state index in [1.54, 1.807) is 0 Å². The van der Waals surface area contributed by atoms with E-state index in [2.05, 4.69) is 99.3 Å². The van der Waals surface area contributed by atoms with Crippen molar-refractivity contribution in [3.8, 4) is 0 Å². The van der Waals surface area contributed by atoms with E-state index in [-0.39, 0.29) is 0 Å². The number of benzene rings is 2. The maximum absolute atomic E-state index is 3.54. The zero-order valence-corrected chi connectivity index (χ0v) is 13.9.